The van der Waals surface area contributed by atoms with Gasteiger partial charge in [0, 0.05) is 27.4 Å². The fourth-order valence-electron chi connectivity index (χ4n) is 1.68. The van der Waals surface area contributed by atoms with Gasteiger partial charge in [0.05, 0.1) is 0 Å². The molecule has 1 heterocycles. The average Bonchev–Trinajstić information content (AvgIpc) is 2.79. The molecule has 1 aromatic heterocycles. The van der Waals surface area contributed by atoms with Crippen LogP contribution >= 0.6 is 22.9 Å². The van der Waals surface area contributed by atoms with Crippen molar-refractivity contribution in [1.82, 2.24) is 5.32 Å². The van der Waals surface area contributed by atoms with Crippen LogP contribution in [-0.2, 0) is 6.54 Å². The van der Waals surface area contributed by atoms with Gasteiger partial charge in [-0.1, -0.05) is 37.6 Å². The van der Waals surface area contributed by atoms with Crippen molar-refractivity contribution in [3.8, 4) is 10.4 Å². The lowest BCUT2D eigenvalue weighted by Gasteiger charge is -2.05. The molecule has 0 bridgehead atoms. The lowest BCUT2D eigenvalue weighted by atomic mass is 10.1. The van der Waals surface area contributed by atoms with Gasteiger partial charge in [-0.25, -0.2) is 0 Å². The van der Waals surface area contributed by atoms with Crippen molar-refractivity contribution >= 4 is 22.9 Å². The highest BCUT2D eigenvalue weighted by molar-refractivity contribution is 7.15. The molecular formula is C15H18ClNS. The smallest absolute Gasteiger partial charge is 0.0441 e. The molecule has 96 valence electrons. The van der Waals surface area contributed by atoms with Crippen molar-refractivity contribution in [2.75, 3.05) is 0 Å². The quantitative estimate of drug-likeness (QED) is 0.841. The van der Waals surface area contributed by atoms with Crippen molar-refractivity contribution in [2.24, 2.45) is 0 Å². The van der Waals surface area contributed by atoms with E-state index in [1.165, 1.54) is 15.3 Å². The molecule has 1 nitrogen and oxygen atoms in total. The second-order valence-corrected chi connectivity index (χ2v) is 6.34. The standard InChI is InChI=1S/C15H18ClNS/c1-10(2)17-9-13-6-7-15(18-13)12-5-4-11(3)14(16)8-12/h4-8,10,17H,9H2,1-3H3. The van der Waals surface area contributed by atoms with E-state index in [0.717, 1.165) is 17.1 Å². The predicted molar refractivity (Wildman–Crippen MR) is 81.5 cm³/mol. The molecule has 2 rings (SSSR count). The Bertz CT molecular complexity index is 531. The summed E-state index contributed by atoms with van der Waals surface area (Å²) in [7, 11) is 0. The van der Waals surface area contributed by atoms with E-state index in [1.54, 1.807) is 0 Å². The fourth-order valence-corrected chi connectivity index (χ4v) is 2.81. The molecule has 0 radical (unpaired) electrons. The maximum Gasteiger partial charge on any atom is 0.0441 e. The van der Waals surface area contributed by atoms with Crippen LogP contribution in [0.4, 0.5) is 0 Å². The molecule has 0 unspecified atom stereocenters. The van der Waals surface area contributed by atoms with Gasteiger partial charge in [-0.3, -0.25) is 0 Å². The Morgan fingerprint density at radius 1 is 1.22 bits per heavy atom. The zero-order chi connectivity index (χ0) is 13.1. The summed E-state index contributed by atoms with van der Waals surface area (Å²) in [5, 5.41) is 4.27. The summed E-state index contributed by atoms with van der Waals surface area (Å²) in [6.07, 6.45) is 0. The lowest BCUT2D eigenvalue weighted by Crippen LogP contribution is -2.21. The third-order valence-electron chi connectivity index (χ3n) is 2.80. The van der Waals surface area contributed by atoms with E-state index < -0.39 is 0 Å². The Kier molecular flexibility index (Phi) is 4.44. The number of nitrogens with one attached hydrogen (secondary N) is 1. The van der Waals surface area contributed by atoms with Crippen LogP contribution in [0.1, 0.15) is 24.3 Å². The third-order valence-corrected chi connectivity index (χ3v) is 4.34. The van der Waals surface area contributed by atoms with Crippen LogP contribution in [0.3, 0.4) is 0 Å². The van der Waals surface area contributed by atoms with Crippen molar-refractivity contribution in [3.05, 3.63) is 45.8 Å². The summed E-state index contributed by atoms with van der Waals surface area (Å²) in [5.74, 6) is 0. The summed E-state index contributed by atoms with van der Waals surface area (Å²) in [5.41, 5.74) is 2.32. The molecular weight excluding hydrogens is 262 g/mol. The summed E-state index contributed by atoms with van der Waals surface area (Å²) >= 11 is 7.99. The highest BCUT2D eigenvalue weighted by Gasteiger charge is 2.05. The predicted octanol–water partition coefficient (Wildman–Crippen LogP) is 4.87. The SMILES string of the molecule is Cc1ccc(-c2ccc(CNC(C)C)s2)cc1Cl. The Labute approximate surface area is 118 Å². The number of rotatable bonds is 4. The van der Waals surface area contributed by atoms with Crippen LogP contribution < -0.4 is 5.32 Å². The molecule has 0 aliphatic carbocycles. The first-order valence-electron chi connectivity index (χ1n) is 6.15. The highest BCUT2D eigenvalue weighted by Crippen LogP contribution is 2.30. The molecule has 18 heavy (non-hydrogen) atoms. The largest absolute Gasteiger partial charge is 0.310 e. The molecule has 0 fully saturated rings. The van der Waals surface area contributed by atoms with Crippen molar-refractivity contribution in [2.45, 2.75) is 33.4 Å². The minimum Gasteiger partial charge on any atom is -0.310 e. The first-order valence-corrected chi connectivity index (χ1v) is 7.34. The number of hydrogen-bond acceptors (Lipinski definition) is 2. The summed E-state index contributed by atoms with van der Waals surface area (Å²) in [4.78, 5) is 2.63. The molecule has 0 atom stereocenters. The van der Waals surface area contributed by atoms with E-state index in [4.69, 9.17) is 11.6 Å². The van der Waals surface area contributed by atoms with Gasteiger partial charge in [-0.2, -0.15) is 0 Å². The number of hydrogen-bond donors (Lipinski definition) is 1. The van der Waals surface area contributed by atoms with Gasteiger partial charge in [0.25, 0.3) is 0 Å². The molecule has 0 spiro atoms. The Morgan fingerprint density at radius 2 is 2.00 bits per heavy atom. The summed E-state index contributed by atoms with van der Waals surface area (Å²) < 4.78 is 0. The minimum absolute atomic E-state index is 0.518. The van der Waals surface area contributed by atoms with Crippen molar-refractivity contribution in [3.63, 3.8) is 0 Å². The second-order valence-electron chi connectivity index (χ2n) is 4.77. The normalized spacial score (nSPS) is 11.2. The molecule has 3 heteroatoms. The Morgan fingerprint density at radius 3 is 2.67 bits per heavy atom. The molecule has 0 aliphatic rings. The molecule has 2 aromatic rings. The fraction of sp³-hybridized carbons (Fsp3) is 0.333. The van der Waals surface area contributed by atoms with Crippen LogP contribution in [-0.4, -0.2) is 6.04 Å². The van der Waals surface area contributed by atoms with Gasteiger partial charge >= 0.3 is 0 Å². The van der Waals surface area contributed by atoms with Crippen LogP contribution in [0.25, 0.3) is 10.4 Å². The van der Waals surface area contributed by atoms with Gasteiger partial charge in [0.2, 0.25) is 0 Å². The van der Waals surface area contributed by atoms with Gasteiger partial charge in [-0.15, -0.1) is 11.3 Å². The molecule has 0 amide bonds. The Hall–Kier alpha value is -0.830. The summed E-state index contributed by atoms with van der Waals surface area (Å²) in [6.45, 7) is 7.28. The number of aryl methyl sites for hydroxylation is 1. The molecule has 0 saturated heterocycles. The maximum atomic E-state index is 6.17. The van der Waals surface area contributed by atoms with Crippen LogP contribution in [0.15, 0.2) is 30.3 Å². The van der Waals surface area contributed by atoms with E-state index in [2.05, 4.69) is 43.4 Å². The van der Waals surface area contributed by atoms with Crippen LogP contribution in [0, 0.1) is 6.92 Å². The van der Waals surface area contributed by atoms with Crippen molar-refractivity contribution in [1.29, 1.82) is 0 Å². The zero-order valence-electron chi connectivity index (χ0n) is 11.0. The van der Waals surface area contributed by atoms with E-state index >= 15 is 0 Å². The molecule has 0 saturated carbocycles. The van der Waals surface area contributed by atoms with Gasteiger partial charge in [0.15, 0.2) is 0 Å². The van der Waals surface area contributed by atoms with Crippen LogP contribution in [0.2, 0.25) is 5.02 Å². The number of benzene rings is 1. The maximum absolute atomic E-state index is 6.17. The van der Waals surface area contributed by atoms with Crippen LogP contribution in [0.5, 0.6) is 0 Å². The van der Waals surface area contributed by atoms with E-state index in [0.29, 0.717) is 6.04 Å². The minimum atomic E-state index is 0.518. The first kappa shape index (κ1) is 13.6. The molecule has 1 N–H and O–H groups in total. The van der Waals surface area contributed by atoms with Gasteiger partial charge < -0.3 is 5.32 Å². The van der Waals surface area contributed by atoms with E-state index in [-0.39, 0.29) is 0 Å². The topological polar surface area (TPSA) is 12.0 Å². The van der Waals surface area contributed by atoms with E-state index in [1.807, 2.05) is 24.3 Å². The van der Waals surface area contributed by atoms with Gasteiger partial charge in [0.1, 0.15) is 0 Å². The first-order chi connectivity index (χ1) is 8.56. The monoisotopic (exact) mass is 279 g/mol. The number of halogens is 1. The van der Waals surface area contributed by atoms with E-state index in [9.17, 15) is 0 Å². The van der Waals surface area contributed by atoms with Crippen molar-refractivity contribution < 1.29 is 0 Å². The lowest BCUT2D eigenvalue weighted by molar-refractivity contribution is 0.593. The third kappa shape index (κ3) is 3.35. The Balaban J connectivity index is 2.16. The summed E-state index contributed by atoms with van der Waals surface area (Å²) in [6, 6.07) is 11.1. The zero-order valence-corrected chi connectivity index (χ0v) is 12.5. The number of thiophene rings is 1. The molecule has 1 aromatic carbocycles. The second kappa shape index (κ2) is 5.87. The van der Waals surface area contributed by atoms with Gasteiger partial charge in [-0.05, 0) is 36.2 Å². The average molecular weight is 280 g/mol. The molecule has 0 aliphatic heterocycles. The highest BCUT2D eigenvalue weighted by atomic mass is 35.5.